The molecule has 1 aromatic heterocycles. The van der Waals surface area contributed by atoms with Gasteiger partial charge in [-0.1, -0.05) is 60.3 Å². The second-order valence-corrected chi connectivity index (χ2v) is 6.46. The van der Waals surface area contributed by atoms with E-state index < -0.39 is 0 Å². The summed E-state index contributed by atoms with van der Waals surface area (Å²) in [6, 6.07) is 20.5. The summed E-state index contributed by atoms with van der Waals surface area (Å²) in [4.78, 5) is 0. The van der Waals surface area contributed by atoms with E-state index in [-0.39, 0.29) is 12.4 Å². The number of halogens is 1. The molecule has 1 N–H and O–H groups in total. The van der Waals surface area contributed by atoms with Crippen LogP contribution in [0.25, 0.3) is 5.69 Å². The van der Waals surface area contributed by atoms with Gasteiger partial charge in [0, 0.05) is 5.75 Å². The summed E-state index contributed by atoms with van der Waals surface area (Å²) >= 11 is 1.69. The van der Waals surface area contributed by atoms with Gasteiger partial charge in [0.2, 0.25) is 5.16 Å². The minimum Gasteiger partial charge on any atom is -0.316 e. The van der Waals surface area contributed by atoms with Crippen molar-refractivity contribution in [1.29, 1.82) is 0 Å². The number of aromatic nitrogens is 4. The van der Waals surface area contributed by atoms with Gasteiger partial charge in [0.1, 0.15) is 0 Å². The minimum absolute atomic E-state index is 0. The van der Waals surface area contributed by atoms with Crippen LogP contribution in [0.3, 0.4) is 0 Å². The first-order chi connectivity index (χ1) is 11.9. The summed E-state index contributed by atoms with van der Waals surface area (Å²) in [6.45, 7) is 2.02. The number of thioether (sulfide) groups is 1. The van der Waals surface area contributed by atoms with Gasteiger partial charge < -0.3 is 5.32 Å². The second-order valence-electron chi connectivity index (χ2n) is 5.40. The Hall–Kier alpha value is -1.89. The third-order valence-electron chi connectivity index (χ3n) is 3.60. The summed E-state index contributed by atoms with van der Waals surface area (Å²) < 4.78 is 1.79. The average molecular weight is 376 g/mol. The van der Waals surface area contributed by atoms with Crippen LogP contribution in [0.15, 0.2) is 65.8 Å². The predicted octanol–water partition coefficient (Wildman–Crippen LogP) is 3.40. The van der Waals surface area contributed by atoms with Crippen LogP contribution in [0, 0.1) is 0 Å². The molecule has 25 heavy (non-hydrogen) atoms. The zero-order chi connectivity index (χ0) is 16.5. The maximum atomic E-state index is 4.11. The van der Waals surface area contributed by atoms with Crippen molar-refractivity contribution in [3.63, 3.8) is 0 Å². The first-order valence-electron chi connectivity index (χ1n) is 8.15. The Kier molecular flexibility index (Phi) is 8.45. The molecule has 0 spiro atoms. The molecule has 0 bridgehead atoms. The summed E-state index contributed by atoms with van der Waals surface area (Å²) in [5.41, 5.74) is 2.37. The van der Waals surface area contributed by atoms with Crippen LogP contribution in [0.4, 0.5) is 0 Å². The van der Waals surface area contributed by atoms with Crippen molar-refractivity contribution < 1.29 is 0 Å². The standard InChI is InChI=1S/C18H21N5S.ClH/c1-3-8-16(9-4-1)12-14-19-13-7-15-24-18-20-21-22-23(18)17-10-5-2-6-11-17;/h1-6,8-11,19H,7,12-15H2;1H. The molecule has 0 saturated heterocycles. The van der Waals surface area contributed by atoms with Crippen molar-refractivity contribution in [2.45, 2.75) is 18.0 Å². The molecule has 0 atom stereocenters. The van der Waals surface area contributed by atoms with Gasteiger partial charge in [0.05, 0.1) is 5.69 Å². The van der Waals surface area contributed by atoms with Crippen LogP contribution in [-0.4, -0.2) is 39.0 Å². The largest absolute Gasteiger partial charge is 0.316 e. The summed E-state index contributed by atoms with van der Waals surface area (Å²) in [6.07, 6.45) is 2.15. The van der Waals surface area contributed by atoms with E-state index in [2.05, 4.69) is 51.2 Å². The smallest absolute Gasteiger partial charge is 0.214 e. The fourth-order valence-corrected chi connectivity index (χ4v) is 3.19. The van der Waals surface area contributed by atoms with Gasteiger partial charge in [-0.3, -0.25) is 0 Å². The molecule has 0 aliphatic heterocycles. The van der Waals surface area contributed by atoms with E-state index in [9.17, 15) is 0 Å². The third kappa shape index (κ3) is 6.16. The Balaban J connectivity index is 0.00000225. The Morgan fingerprint density at radius 2 is 1.64 bits per heavy atom. The van der Waals surface area contributed by atoms with Gasteiger partial charge in [0.25, 0.3) is 0 Å². The van der Waals surface area contributed by atoms with Crippen LogP contribution >= 0.6 is 24.2 Å². The van der Waals surface area contributed by atoms with E-state index >= 15 is 0 Å². The van der Waals surface area contributed by atoms with E-state index in [1.807, 2.05) is 30.3 Å². The number of para-hydroxylation sites is 1. The first-order valence-corrected chi connectivity index (χ1v) is 9.13. The fraction of sp³-hybridized carbons (Fsp3) is 0.278. The molecule has 2 aromatic carbocycles. The van der Waals surface area contributed by atoms with Crippen molar-refractivity contribution in [3.8, 4) is 5.69 Å². The zero-order valence-electron chi connectivity index (χ0n) is 13.9. The second kappa shape index (κ2) is 10.9. The molecule has 3 aromatic rings. The number of tetrazole rings is 1. The average Bonchev–Trinajstić information content (AvgIpc) is 3.11. The van der Waals surface area contributed by atoms with Crippen LogP contribution in [0.1, 0.15) is 12.0 Å². The zero-order valence-corrected chi connectivity index (χ0v) is 15.5. The van der Waals surface area contributed by atoms with E-state index in [1.165, 1.54) is 5.56 Å². The van der Waals surface area contributed by atoms with Gasteiger partial charge in [-0.05, 0) is 54.1 Å². The summed E-state index contributed by atoms with van der Waals surface area (Å²) in [7, 11) is 0. The van der Waals surface area contributed by atoms with Crippen molar-refractivity contribution in [2.24, 2.45) is 0 Å². The highest BCUT2D eigenvalue weighted by molar-refractivity contribution is 7.99. The highest BCUT2D eigenvalue weighted by Crippen LogP contribution is 2.18. The molecule has 132 valence electrons. The predicted molar refractivity (Wildman–Crippen MR) is 105 cm³/mol. The van der Waals surface area contributed by atoms with E-state index in [1.54, 1.807) is 16.4 Å². The summed E-state index contributed by atoms with van der Waals surface area (Å²) in [5, 5.41) is 16.3. The van der Waals surface area contributed by atoms with Crippen molar-refractivity contribution in [1.82, 2.24) is 25.5 Å². The normalized spacial score (nSPS) is 10.4. The van der Waals surface area contributed by atoms with Crippen molar-refractivity contribution in [2.75, 3.05) is 18.8 Å². The van der Waals surface area contributed by atoms with Gasteiger partial charge in [0.15, 0.2) is 0 Å². The molecular weight excluding hydrogens is 354 g/mol. The molecule has 0 radical (unpaired) electrons. The van der Waals surface area contributed by atoms with Crippen LogP contribution in [0.5, 0.6) is 0 Å². The number of rotatable bonds is 9. The van der Waals surface area contributed by atoms with E-state index in [0.29, 0.717) is 0 Å². The van der Waals surface area contributed by atoms with Crippen molar-refractivity contribution >= 4 is 24.2 Å². The lowest BCUT2D eigenvalue weighted by molar-refractivity contribution is 0.673. The summed E-state index contributed by atoms with van der Waals surface area (Å²) in [5.74, 6) is 0.992. The molecule has 0 amide bonds. The van der Waals surface area contributed by atoms with E-state index in [0.717, 1.165) is 42.5 Å². The number of nitrogens with one attached hydrogen (secondary N) is 1. The highest BCUT2D eigenvalue weighted by Gasteiger charge is 2.07. The monoisotopic (exact) mass is 375 g/mol. The fourth-order valence-electron chi connectivity index (χ4n) is 2.36. The lowest BCUT2D eigenvalue weighted by Gasteiger charge is -2.05. The van der Waals surface area contributed by atoms with Gasteiger partial charge >= 0.3 is 0 Å². The van der Waals surface area contributed by atoms with Crippen LogP contribution in [0.2, 0.25) is 0 Å². The molecule has 0 saturated carbocycles. The quantitative estimate of drug-likeness (QED) is 0.459. The maximum Gasteiger partial charge on any atom is 0.214 e. The Morgan fingerprint density at radius 3 is 2.40 bits per heavy atom. The lowest BCUT2D eigenvalue weighted by Crippen LogP contribution is -2.19. The maximum absolute atomic E-state index is 4.11. The minimum atomic E-state index is 0. The van der Waals surface area contributed by atoms with Gasteiger partial charge in [-0.25, -0.2) is 0 Å². The molecule has 0 unspecified atom stereocenters. The molecule has 3 rings (SSSR count). The van der Waals surface area contributed by atoms with Gasteiger partial charge in [-0.15, -0.1) is 17.5 Å². The Morgan fingerprint density at radius 1 is 0.920 bits per heavy atom. The topological polar surface area (TPSA) is 55.6 Å². The Bertz CT molecular complexity index is 721. The molecule has 7 heteroatoms. The van der Waals surface area contributed by atoms with E-state index in [4.69, 9.17) is 0 Å². The highest BCUT2D eigenvalue weighted by atomic mass is 35.5. The molecular formula is C18H22ClN5S. The molecule has 1 heterocycles. The molecule has 0 aliphatic carbocycles. The molecule has 5 nitrogen and oxygen atoms in total. The Labute approximate surface area is 158 Å². The number of hydrogen-bond acceptors (Lipinski definition) is 5. The van der Waals surface area contributed by atoms with Gasteiger partial charge in [-0.2, -0.15) is 4.68 Å². The number of hydrogen-bond donors (Lipinski definition) is 1. The number of nitrogens with zero attached hydrogens (tertiary/aromatic N) is 4. The molecule has 0 fully saturated rings. The van der Waals surface area contributed by atoms with Crippen LogP contribution < -0.4 is 5.32 Å². The molecule has 0 aliphatic rings. The third-order valence-corrected chi connectivity index (χ3v) is 4.61. The van der Waals surface area contributed by atoms with Crippen LogP contribution in [-0.2, 0) is 6.42 Å². The SMILES string of the molecule is Cl.c1ccc(CCNCCCSc2nnnn2-c2ccccc2)cc1. The number of benzene rings is 2. The first kappa shape index (κ1) is 19.4. The van der Waals surface area contributed by atoms with Crippen molar-refractivity contribution in [3.05, 3.63) is 66.2 Å². The lowest BCUT2D eigenvalue weighted by atomic mass is 10.1.